The number of tetrazole rings is 1. The van der Waals surface area contributed by atoms with Gasteiger partial charge in [-0.2, -0.15) is 4.98 Å². The van der Waals surface area contributed by atoms with Crippen LogP contribution in [0, 0.1) is 0 Å². The number of nitrogens with zero attached hydrogens (tertiary/aromatic N) is 6. The standard InChI is InChI=1S/C9H15N7OS/c1-2-3-10-4-5-16-9(12-14-15-16)18-6-8-11-7-17-13-8/h7,10H,2-6H2,1H3. The molecule has 2 rings (SSSR count). The summed E-state index contributed by atoms with van der Waals surface area (Å²) in [5.41, 5.74) is 0. The summed E-state index contributed by atoms with van der Waals surface area (Å²) in [7, 11) is 0. The Balaban J connectivity index is 1.79. The van der Waals surface area contributed by atoms with E-state index in [0.29, 0.717) is 11.6 Å². The molecule has 2 aromatic heterocycles. The number of aromatic nitrogens is 6. The molecular formula is C9H15N7OS. The van der Waals surface area contributed by atoms with Crippen LogP contribution in [0.3, 0.4) is 0 Å². The van der Waals surface area contributed by atoms with Crippen molar-refractivity contribution in [2.24, 2.45) is 0 Å². The summed E-state index contributed by atoms with van der Waals surface area (Å²) in [6, 6.07) is 0. The van der Waals surface area contributed by atoms with Gasteiger partial charge in [-0.15, -0.1) is 5.10 Å². The number of rotatable bonds is 8. The first kappa shape index (κ1) is 13.0. The molecule has 0 aliphatic heterocycles. The quantitative estimate of drug-likeness (QED) is 0.542. The van der Waals surface area contributed by atoms with E-state index in [1.807, 2.05) is 0 Å². The lowest BCUT2D eigenvalue weighted by molar-refractivity contribution is 0.412. The molecule has 0 aromatic carbocycles. The fourth-order valence-electron chi connectivity index (χ4n) is 1.31. The molecule has 0 amide bonds. The van der Waals surface area contributed by atoms with Crippen molar-refractivity contribution in [1.82, 2.24) is 35.7 Å². The Kier molecular flexibility index (Phi) is 5.09. The van der Waals surface area contributed by atoms with Gasteiger partial charge in [-0.05, 0) is 23.4 Å². The van der Waals surface area contributed by atoms with Crippen LogP contribution in [-0.2, 0) is 12.3 Å². The Morgan fingerprint density at radius 1 is 1.44 bits per heavy atom. The van der Waals surface area contributed by atoms with Gasteiger partial charge in [0.25, 0.3) is 0 Å². The second kappa shape index (κ2) is 7.07. The lowest BCUT2D eigenvalue weighted by atomic mass is 10.5. The minimum absolute atomic E-state index is 0.596. The first-order valence-corrected chi connectivity index (χ1v) is 6.73. The number of hydrogen-bond donors (Lipinski definition) is 1. The third-order valence-corrected chi connectivity index (χ3v) is 3.12. The highest BCUT2D eigenvalue weighted by molar-refractivity contribution is 7.98. The molecule has 0 saturated heterocycles. The molecule has 8 nitrogen and oxygen atoms in total. The fraction of sp³-hybridized carbons (Fsp3) is 0.667. The van der Waals surface area contributed by atoms with Gasteiger partial charge in [0.05, 0.1) is 12.3 Å². The summed E-state index contributed by atoms with van der Waals surface area (Å²) in [5, 5.41) is 19.4. The Hall–Kier alpha value is -1.48. The minimum Gasteiger partial charge on any atom is -0.343 e. The topological polar surface area (TPSA) is 94.6 Å². The average Bonchev–Trinajstić information content (AvgIpc) is 3.03. The van der Waals surface area contributed by atoms with Gasteiger partial charge in [-0.25, -0.2) is 4.68 Å². The summed E-state index contributed by atoms with van der Waals surface area (Å²) in [6.07, 6.45) is 2.43. The lowest BCUT2D eigenvalue weighted by Crippen LogP contribution is -2.21. The molecule has 2 heterocycles. The summed E-state index contributed by atoms with van der Waals surface area (Å²) >= 11 is 1.49. The van der Waals surface area contributed by atoms with Crippen LogP contribution >= 0.6 is 11.8 Å². The second-order valence-electron chi connectivity index (χ2n) is 3.57. The first-order chi connectivity index (χ1) is 8.90. The van der Waals surface area contributed by atoms with Crippen molar-refractivity contribution in [3.05, 3.63) is 12.2 Å². The van der Waals surface area contributed by atoms with Crippen LogP contribution in [0.2, 0.25) is 0 Å². The number of thioether (sulfide) groups is 1. The van der Waals surface area contributed by atoms with E-state index in [4.69, 9.17) is 0 Å². The van der Waals surface area contributed by atoms with Crippen LogP contribution in [0.4, 0.5) is 0 Å². The molecule has 0 fully saturated rings. The Bertz CT molecular complexity index is 443. The molecule has 2 aromatic rings. The highest BCUT2D eigenvalue weighted by Gasteiger charge is 2.08. The first-order valence-electron chi connectivity index (χ1n) is 5.75. The van der Waals surface area contributed by atoms with E-state index < -0.39 is 0 Å². The molecule has 9 heteroatoms. The normalized spacial score (nSPS) is 10.9. The van der Waals surface area contributed by atoms with E-state index in [0.717, 1.165) is 31.2 Å². The molecule has 98 valence electrons. The number of nitrogens with one attached hydrogen (secondary N) is 1. The van der Waals surface area contributed by atoms with Crippen molar-refractivity contribution in [1.29, 1.82) is 0 Å². The highest BCUT2D eigenvalue weighted by atomic mass is 32.2. The van der Waals surface area contributed by atoms with E-state index in [9.17, 15) is 0 Å². The van der Waals surface area contributed by atoms with Crippen LogP contribution in [0.5, 0.6) is 0 Å². The molecule has 0 unspecified atom stereocenters. The van der Waals surface area contributed by atoms with Gasteiger partial charge in [-0.3, -0.25) is 0 Å². The Morgan fingerprint density at radius 2 is 2.39 bits per heavy atom. The maximum absolute atomic E-state index is 4.66. The third-order valence-electron chi connectivity index (χ3n) is 2.16. The largest absolute Gasteiger partial charge is 0.343 e. The third kappa shape index (κ3) is 3.77. The van der Waals surface area contributed by atoms with Crippen LogP contribution in [-0.4, -0.2) is 43.4 Å². The zero-order valence-corrected chi connectivity index (χ0v) is 10.9. The molecule has 0 aliphatic carbocycles. The molecule has 0 saturated carbocycles. The van der Waals surface area contributed by atoms with Crippen LogP contribution < -0.4 is 5.32 Å². The van der Waals surface area contributed by atoms with Crippen LogP contribution in [0.1, 0.15) is 19.2 Å². The summed E-state index contributed by atoms with van der Waals surface area (Å²) in [4.78, 5) is 3.94. The monoisotopic (exact) mass is 269 g/mol. The smallest absolute Gasteiger partial charge is 0.213 e. The molecule has 0 spiro atoms. The number of hydrogen-bond acceptors (Lipinski definition) is 8. The highest BCUT2D eigenvalue weighted by Crippen LogP contribution is 2.17. The minimum atomic E-state index is 0.596. The van der Waals surface area contributed by atoms with E-state index in [-0.39, 0.29) is 0 Å². The van der Waals surface area contributed by atoms with Crippen molar-refractivity contribution < 1.29 is 4.52 Å². The molecule has 1 N–H and O–H groups in total. The van der Waals surface area contributed by atoms with Crippen LogP contribution in [0.25, 0.3) is 0 Å². The molecule has 0 radical (unpaired) electrons. The Labute approximate surface area is 109 Å². The van der Waals surface area contributed by atoms with Gasteiger partial charge >= 0.3 is 0 Å². The van der Waals surface area contributed by atoms with Gasteiger partial charge in [-0.1, -0.05) is 23.8 Å². The van der Waals surface area contributed by atoms with E-state index in [1.54, 1.807) is 4.68 Å². The zero-order valence-electron chi connectivity index (χ0n) is 10.1. The zero-order chi connectivity index (χ0) is 12.6. The van der Waals surface area contributed by atoms with Gasteiger partial charge < -0.3 is 9.84 Å². The predicted octanol–water partition coefficient (Wildman–Crippen LogP) is 0.348. The maximum Gasteiger partial charge on any atom is 0.213 e. The van der Waals surface area contributed by atoms with E-state index >= 15 is 0 Å². The van der Waals surface area contributed by atoms with Gasteiger partial charge in [0.15, 0.2) is 5.82 Å². The van der Waals surface area contributed by atoms with Crippen molar-refractivity contribution in [3.8, 4) is 0 Å². The van der Waals surface area contributed by atoms with Crippen molar-refractivity contribution in [2.75, 3.05) is 13.1 Å². The molecular weight excluding hydrogens is 254 g/mol. The summed E-state index contributed by atoms with van der Waals surface area (Å²) < 4.78 is 6.43. The average molecular weight is 269 g/mol. The van der Waals surface area contributed by atoms with Gasteiger partial charge in [0.1, 0.15) is 0 Å². The summed E-state index contributed by atoms with van der Waals surface area (Å²) in [6.45, 7) is 4.75. The van der Waals surface area contributed by atoms with Gasteiger partial charge in [0, 0.05) is 6.54 Å². The molecule has 0 atom stereocenters. The van der Waals surface area contributed by atoms with E-state index in [1.165, 1.54) is 18.2 Å². The second-order valence-corrected chi connectivity index (χ2v) is 4.51. The predicted molar refractivity (Wildman–Crippen MR) is 64.8 cm³/mol. The van der Waals surface area contributed by atoms with Crippen molar-refractivity contribution in [3.63, 3.8) is 0 Å². The van der Waals surface area contributed by atoms with Crippen molar-refractivity contribution >= 4 is 11.8 Å². The molecule has 0 bridgehead atoms. The van der Waals surface area contributed by atoms with Crippen LogP contribution in [0.15, 0.2) is 16.1 Å². The molecule has 0 aliphatic rings. The SMILES string of the molecule is CCCNCCn1nnnc1SCc1ncon1. The van der Waals surface area contributed by atoms with Gasteiger partial charge in [0.2, 0.25) is 11.6 Å². The maximum atomic E-state index is 4.66. The van der Waals surface area contributed by atoms with E-state index in [2.05, 4.69) is 42.4 Å². The summed E-state index contributed by atoms with van der Waals surface area (Å²) in [5.74, 6) is 1.23. The lowest BCUT2D eigenvalue weighted by Gasteiger charge is -2.04. The Morgan fingerprint density at radius 3 is 3.17 bits per heavy atom. The molecule has 18 heavy (non-hydrogen) atoms. The van der Waals surface area contributed by atoms with Crippen molar-refractivity contribution in [2.45, 2.75) is 30.8 Å². The fourth-order valence-corrected chi connectivity index (χ4v) is 2.07.